The van der Waals surface area contributed by atoms with Gasteiger partial charge >= 0.3 is 17.9 Å². The SMILES string of the molecule is NC(CC(=O)O)C(=O)NC(CCC(=O)O)C(=O)NC(Cc1ccc(O)cc1)C(=O)NC(Cc1c[nH]c2ccccc12)C(=O)O. The molecule has 2 aromatic carbocycles. The highest BCUT2D eigenvalue weighted by atomic mass is 16.4. The Morgan fingerprint density at radius 2 is 1.36 bits per heavy atom. The van der Waals surface area contributed by atoms with Gasteiger partial charge in [0.25, 0.3) is 0 Å². The van der Waals surface area contributed by atoms with Gasteiger partial charge in [0.2, 0.25) is 17.7 Å². The molecule has 0 saturated carbocycles. The Bertz CT molecular complexity index is 1520. The third kappa shape index (κ3) is 9.55. The molecule has 1 aromatic heterocycles. The second kappa shape index (κ2) is 15.2. The normalized spacial score (nSPS) is 13.7. The fraction of sp³-hybridized carbons (Fsp3) is 0.310. The molecule has 0 aliphatic heterocycles. The number of carboxylic acid groups (broad SMARTS) is 3. The Labute approximate surface area is 250 Å². The minimum Gasteiger partial charge on any atom is -0.508 e. The lowest BCUT2D eigenvalue weighted by Crippen LogP contribution is -2.58. The third-order valence-corrected chi connectivity index (χ3v) is 6.73. The van der Waals surface area contributed by atoms with Crippen LogP contribution in [-0.4, -0.2) is 85.2 Å². The first-order valence-corrected chi connectivity index (χ1v) is 13.5. The van der Waals surface area contributed by atoms with Crippen LogP contribution in [0.3, 0.4) is 0 Å². The molecule has 15 nitrogen and oxygen atoms in total. The van der Waals surface area contributed by atoms with Crippen LogP contribution in [-0.2, 0) is 41.6 Å². The van der Waals surface area contributed by atoms with Gasteiger partial charge in [-0.25, -0.2) is 4.79 Å². The highest BCUT2D eigenvalue weighted by Gasteiger charge is 2.31. The fourth-order valence-electron chi connectivity index (χ4n) is 4.44. The maximum absolute atomic E-state index is 13.5. The molecule has 0 spiro atoms. The van der Waals surface area contributed by atoms with Crippen LogP contribution < -0.4 is 21.7 Å². The number of carboxylic acids is 3. The summed E-state index contributed by atoms with van der Waals surface area (Å²) in [5.41, 5.74) is 7.45. The average molecular weight is 612 g/mol. The number of hydrogen-bond acceptors (Lipinski definition) is 8. The number of nitrogens with one attached hydrogen (secondary N) is 4. The van der Waals surface area contributed by atoms with E-state index in [9.17, 15) is 39.0 Å². The van der Waals surface area contributed by atoms with E-state index < -0.39 is 79.1 Å². The van der Waals surface area contributed by atoms with Crippen LogP contribution in [0.4, 0.5) is 0 Å². The van der Waals surface area contributed by atoms with E-state index in [1.165, 1.54) is 24.3 Å². The molecule has 1 heterocycles. The van der Waals surface area contributed by atoms with E-state index in [0.717, 1.165) is 10.9 Å². The van der Waals surface area contributed by atoms with Gasteiger partial charge in [0, 0.05) is 36.4 Å². The maximum atomic E-state index is 13.5. The lowest BCUT2D eigenvalue weighted by atomic mass is 10.0. The van der Waals surface area contributed by atoms with Crippen molar-refractivity contribution in [2.24, 2.45) is 5.73 Å². The number of nitrogens with two attached hydrogens (primary N) is 1. The smallest absolute Gasteiger partial charge is 0.326 e. The number of aromatic hydroxyl groups is 1. The molecule has 234 valence electrons. The summed E-state index contributed by atoms with van der Waals surface area (Å²) in [6.07, 6.45) is -0.365. The number of carbonyl (C=O) groups excluding carboxylic acids is 3. The first-order valence-electron chi connectivity index (χ1n) is 13.5. The van der Waals surface area contributed by atoms with Gasteiger partial charge in [0.05, 0.1) is 12.5 Å². The quantitative estimate of drug-likeness (QED) is 0.103. The molecular formula is C29H33N5O10. The number of para-hydroxylation sites is 1. The van der Waals surface area contributed by atoms with Crippen molar-refractivity contribution in [3.8, 4) is 5.75 Å². The summed E-state index contributed by atoms with van der Waals surface area (Å²) in [5, 5.41) is 45.5. The summed E-state index contributed by atoms with van der Waals surface area (Å²) in [6.45, 7) is 0. The van der Waals surface area contributed by atoms with Gasteiger partial charge in [-0.1, -0.05) is 30.3 Å². The van der Waals surface area contributed by atoms with Crippen molar-refractivity contribution in [1.29, 1.82) is 0 Å². The van der Waals surface area contributed by atoms with Crippen molar-refractivity contribution in [1.82, 2.24) is 20.9 Å². The zero-order valence-electron chi connectivity index (χ0n) is 23.4. The second-order valence-corrected chi connectivity index (χ2v) is 10.1. The van der Waals surface area contributed by atoms with Gasteiger partial charge in [-0.05, 0) is 35.7 Å². The number of amides is 3. The summed E-state index contributed by atoms with van der Waals surface area (Å²) in [6, 6.07) is 6.99. The van der Waals surface area contributed by atoms with E-state index >= 15 is 0 Å². The van der Waals surface area contributed by atoms with Crippen molar-refractivity contribution >= 4 is 46.5 Å². The van der Waals surface area contributed by atoms with Crippen LogP contribution >= 0.6 is 0 Å². The summed E-state index contributed by atoms with van der Waals surface area (Å²) in [4.78, 5) is 76.6. The largest absolute Gasteiger partial charge is 0.508 e. The first-order chi connectivity index (χ1) is 20.8. The topological polar surface area (TPSA) is 261 Å². The monoisotopic (exact) mass is 611 g/mol. The van der Waals surface area contributed by atoms with E-state index in [0.29, 0.717) is 11.1 Å². The Hall–Kier alpha value is -5.44. The van der Waals surface area contributed by atoms with Crippen molar-refractivity contribution in [2.75, 3.05) is 0 Å². The van der Waals surface area contributed by atoms with E-state index in [2.05, 4.69) is 20.9 Å². The molecule has 3 amide bonds. The molecule has 4 unspecified atom stereocenters. The standard InChI is InChI=1S/C29H33N5O10/c30-19(13-25(38)39)26(40)32-21(9-10-24(36)37)27(41)33-22(11-15-5-7-17(35)8-6-15)28(42)34-23(29(43)44)12-16-14-31-20-4-2-1-3-18(16)20/h1-8,14,19,21-23,31,35H,9-13,30H2,(H,32,40)(H,33,41)(H,34,42)(H,36,37)(H,38,39)(H,43,44). The summed E-state index contributed by atoms with van der Waals surface area (Å²) in [5.74, 6) is -6.94. The number of benzene rings is 2. The van der Waals surface area contributed by atoms with Crippen molar-refractivity contribution < 1.29 is 49.2 Å². The van der Waals surface area contributed by atoms with Crippen LogP contribution in [0.15, 0.2) is 54.7 Å². The second-order valence-electron chi connectivity index (χ2n) is 10.1. The zero-order valence-corrected chi connectivity index (χ0v) is 23.4. The van der Waals surface area contributed by atoms with Gasteiger partial charge in [-0.15, -0.1) is 0 Å². The average Bonchev–Trinajstić information content (AvgIpc) is 3.37. The first kappa shape index (κ1) is 33.1. The predicted molar refractivity (Wildman–Crippen MR) is 154 cm³/mol. The molecule has 4 atom stereocenters. The molecule has 3 rings (SSSR count). The van der Waals surface area contributed by atoms with Gasteiger partial charge in [-0.3, -0.25) is 24.0 Å². The van der Waals surface area contributed by atoms with Crippen LogP contribution in [0.1, 0.15) is 30.4 Å². The van der Waals surface area contributed by atoms with Gasteiger partial charge < -0.3 is 47.1 Å². The number of fused-ring (bicyclic) bond motifs is 1. The van der Waals surface area contributed by atoms with Crippen LogP contribution in [0, 0.1) is 0 Å². The van der Waals surface area contributed by atoms with Gasteiger partial charge in [-0.2, -0.15) is 0 Å². The van der Waals surface area contributed by atoms with E-state index in [1.54, 1.807) is 18.3 Å². The molecular weight excluding hydrogens is 578 g/mol. The zero-order chi connectivity index (χ0) is 32.4. The van der Waals surface area contributed by atoms with Crippen molar-refractivity contribution in [3.05, 3.63) is 65.9 Å². The van der Waals surface area contributed by atoms with E-state index in [1.807, 2.05) is 12.1 Å². The molecule has 0 aliphatic carbocycles. The number of phenols is 1. The molecule has 44 heavy (non-hydrogen) atoms. The van der Waals surface area contributed by atoms with Gasteiger partial charge in [0.1, 0.15) is 23.9 Å². The molecule has 0 saturated heterocycles. The minimum absolute atomic E-state index is 0.0578. The Morgan fingerprint density at radius 1 is 0.750 bits per heavy atom. The van der Waals surface area contributed by atoms with Crippen LogP contribution in [0.2, 0.25) is 0 Å². The lowest BCUT2D eigenvalue weighted by molar-refractivity contribution is -0.142. The maximum Gasteiger partial charge on any atom is 0.326 e. The lowest BCUT2D eigenvalue weighted by Gasteiger charge is -2.25. The number of hydrogen-bond donors (Lipinski definition) is 9. The summed E-state index contributed by atoms with van der Waals surface area (Å²) in [7, 11) is 0. The van der Waals surface area contributed by atoms with Crippen LogP contribution in [0.25, 0.3) is 10.9 Å². The number of rotatable bonds is 16. The number of carbonyl (C=O) groups is 6. The molecule has 0 fully saturated rings. The van der Waals surface area contributed by atoms with Crippen molar-refractivity contribution in [2.45, 2.75) is 56.3 Å². The summed E-state index contributed by atoms with van der Waals surface area (Å²) >= 11 is 0. The van der Waals surface area contributed by atoms with E-state index in [4.69, 9.17) is 15.9 Å². The highest BCUT2D eigenvalue weighted by Crippen LogP contribution is 2.19. The Morgan fingerprint density at radius 3 is 2.00 bits per heavy atom. The Kier molecular flexibility index (Phi) is 11.4. The fourth-order valence-corrected chi connectivity index (χ4v) is 4.44. The number of aromatic nitrogens is 1. The molecule has 15 heteroatoms. The number of H-pyrrole nitrogens is 1. The molecule has 0 radical (unpaired) electrons. The van der Waals surface area contributed by atoms with Crippen LogP contribution in [0.5, 0.6) is 5.75 Å². The molecule has 3 aromatic rings. The molecule has 0 aliphatic rings. The number of phenolic OH excluding ortho intramolecular Hbond substituents is 1. The number of aliphatic carboxylic acids is 3. The third-order valence-electron chi connectivity index (χ3n) is 6.73. The van der Waals surface area contributed by atoms with Gasteiger partial charge in [0.15, 0.2) is 0 Å². The summed E-state index contributed by atoms with van der Waals surface area (Å²) < 4.78 is 0. The molecule has 0 bridgehead atoms. The molecule has 10 N–H and O–H groups in total. The van der Waals surface area contributed by atoms with E-state index in [-0.39, 0.29) is 18.6 Å². The Balaban J connectivity index is 1.84. The number of aromatic amines is 1. The minimum atomic E-state index is -1.54. The predicted octanol–water partition coefficient (Wildman–Crippen LogP) is -0.135. The van der Waals surface area contributed by atoms with Crippen molar-refractivity contribution in [3.63, 3.8) is 0 Å². The highest BCUT2D eigenvalue weighted by molar-refractivity contribution is 5.95.